The maximum Gasteiger partial charge on any atom is 0.301 e. The highest BCUT2D eigenvalue weighted by atomic mass is 32.2. The Bertz CT molecular complexity index is 538. The summed E-state index contributed by atoms with van der Waals surface area (Å²) in [5, 5.41) is 8.86. The Kier molecular flexibility index (Phi) is 6.02. The third-order valence-corrected chi connectivity index (χ3v) is 5.24. The monoisotopic (exact) mass is 312 g/mol. The van der Waals surface area contributed by atoms with Crippen LogP contribution in [0.15, 0.2) is 24.3 Å². The fourth-order valence-corrected chi connectivity index (χ4v) is 3.86. The van der Waals surface area contributed by atoms with Gasteiger partial charge in [0.05, 0.1) is 5.69 Å². The lowest BCUT2D eigenvalue weighted by molar-refractivity contribution is 0.288. The predicted molar refractivity (Wildman–Crippen MR) is 84.4 cm³/mol. The number of rotatable bonds is 6. The molecule has 5 nitrogen and oxygen atoms in total. The lowest BCUT2D eigenvalue weighted by Gasteiger charge is -2.21. The van der Waals surface area contributed by atoms with Gasteiger partial charge < -0.3 is 5.11 Å². The molecule has 0 spiro atoms. The maximum absolute atomic E-state index is 12.4. The van der Waals surface area contributed by atoms with Gasteiger partial charge in [-0.15, -0.1) is 0 Å². The van der Waals surface area contributed by atoms with Crippen molar-refractivity contribution in [3.63, 3.8) is 0 Å². The standard InChI is InChI=1S/C15H24N2O3S/c18-12-6-8-14-7-5-9-15(13-14)16-21(19,20)17-10-3-1-2-4-11-17/h5,7,9,13,16,18H,1-4,6,8,10-12H2. The smallest absolute Gasteiger partial charge is 0.301 e. The van der Waals surface area contributed by atoms with E-state index in [-0.39, 0.29) is 6.61 Å². The Hall–Kier alpha value is -1.11. The summed E-state index contributed by atoms with van der Waals surface area (Å²) in [6.45, 7) is 1.34. The molecule has 21 heavy (non-hydrogen) atoms. The molecule has 0 radical (unpaired) electrons. The van der Waals surface area contributed by atoms with Crippen molar-refractivity contribution >= 4 is 15.9 Å². The number of hydrogen-bond donors (Lipinski definition) is 2. The minimum Gasteiger partial charge on any atom is -0.396 e. The van der Waals surface area contributed by atoms with Crippen molar-refractivity contribution in [2.45, 2.75) is 38.5 Å². The molecular weight excluding hydrogens is 288 g/mol. The predicted octanol–water partition coefficient (Wildman–Crippen LogP) is 2.14. The van der Waals surface area contributed by atoms with E-state index in [1.54, 1.807) is 10.4 Å². The van der Waals surface area contributed by atoms with Crippen LogP contribution in [0.25, 0.3) is 0 Å². The van der Waals surface area contributed by atoms with Crippen LogP contribution in [0.5, 0.6) is 0 Å². The Morgan fingerprint density at radius 1 is 1.14 bits per heavy atom. The molecule has 1 aromatic rings. The van der Waals surface area contributed by atoms with Crippen molar-refractivity contribution in [2.75, 3.05) is 24.4 Å². The summed E-state index contributed by atoms with van der Waals surface area (Å²) in [4.78, 5) is 0. The molecule has 1 fully saturated rings. The second-order valence-electron chi connectivity index (χ2n) is 5.45. The number of nitrogens with one attached hydrogen (secondary N) is 1. The summed E-state index contributed by atoms with van der Waals surface area (Å²) in [5.74, 6) is 0. The van der Waals surface area contributed by atoms with E-state index in [1.807, 2.05) is 18.2 Å². The molecule has 0 unspecified atom stereocenters. The highest BCUT2D eigenvalue weighted by Crippen LogP contribution is 2.18. The largest absolute Gasteiger partial charge is 0.396 e. The van der Waals surface area contributed by atoms with Gasteiger partial charge in [-0.05, 0) is 43.4 Å². The van der Waals surface area contributed by atoms with Crippen molar-refractivity contribution in [2.24, 2.45) is 0 Å². The summed E-state index contributed by atoms with van der Waals surface area (Å²) in [6.07, 6.45) is 5.48. The maximum atomic E-state index is 12.4. The molecular formula is C15H24N2O3S. The second-order valence-corrected chi connectivity index (χ2v) is 7.12. The van der Waals surface area contributed by atoms with Gasteiger partial charge in [0.25, 0.3) is 0 Å². The summed E-state index contributed by atoms with van der Waals surface area (Å²) in [5.41, 5.74) is 1.62. The van der Waals surface area contributed by atoms with E-state index in [1.165, 1.54) is 0 Å². The summed E-state index contributed by atoms with van der Waals surface area (Å²) in [7, 11) is -3.46. The molecule has 2 rings (SSSR count). The average Bonchev–Trinajstić information content (AvgIpc) is 2.74. The summed E-state index contributed by atoms with van der Waals surface area (Å²) < 4.78 is 29.0. The lowest BCUT2D eigenvalue weighted by atomic mass is 10.1. The molecule has 0 bridgehead atoms. The van der Waals surface area contributed by atoms with Gasteiger partial charge in [-0.3, -0.25) is 4.72 Å². The molecule has 0 amide bonds. The normalized spacial score (nSPS) is 17.4. The van der Waals surface area contributed by atoms with E-state index in [2.05, 4.69) is 4.72 Å². The number of benzene rings is 1. The molecule has 0 aliphatic carbocycles. The van der Waals surface area contributed by atoms with Gasteiger partial charge >= 0.3 is 10.2 Å². The number of nitrogens with zero attached hydrogens (tertiary/aromatic N) is 1. The average molecular weight is 312 g/mol. The van der Waals surface area contributed by atoms with Gasteiger partial charge in [0.2, 0.25) is 0 Å². The van der Waals surface area contributed by atoms with Crippen LogP contribution in [-0.4, -0.2) is 37.5 Å². The first-order valence-corrected chi connectivity index (χ1v) is 9.03. The fourth-order valence-electron chi connectivity index (χ4n) is 2.57. The number of aliphatic hydroxyl groups excluding tert-OH is 1. The Morgan fingerprint density at radius 2 is 1.86 bits per heavy atom. The number of hydrogen-bond acceptors (Lipinski definition) is 3. The molecule has 1 heterocycles. The van der Waals surface area contributed by atoms with Crippen LogP contribution in [0.2, 0.25) is 0 Å². The highest BCUT2D eigenvalue weighted by molar-refractivity contribution is 7.90. The minimum atomic E-state index is -3.46. The third kappa shape index (κ3) is 4.98. The molecule has 0 atom stereocenters. The van der Waals surface area contributed by atoms with Crippen molar-refractivity contribution < 1.29 is 13.5 Å². The molecule has 2 N–H and O–H groups in total. The zero-order valence-corrected chi connectivity index (χ0v) is 13.1. The molecule has 1 saturated heterocycles. The van der Waals surface area contributed by atoms with Crippen LogP contribution >= 0.6 is 0 Å². The van der Waals surface area contributed by atoms with E-state index in [0.717, 1.165) is 37.7 Å². The Balaban J connectivity index is 2.05. The Morgan fingerprint density at radius 3 is 2.52 bits per heavy atom. The van der Waals surface area contributed by atoms with Crippen LogP contribution in [0.3, 0.4) is 0 Å². The quantitative estimate of drug-likeness (QED) is 0.845. The fraction of sp³-hybridized carbons (Fsp3) is 0.600. The first-order valence-electron chi connectivity index (χ1n) is 7.59. The van der Waals surface area contributed by atoms with E-state index in [9.17, 15) is 8.42 Å². The Labute approximate surface area is 127 Å². The van der Waals surface area contributed by atoms with Crippen LogP contribution in [0.1, 0.15) is 37.7 Å². The number of anilines is 1. The molecule has 0 aromatic heterocycles. The van der Waals surface area contributed by atoms with Gasteiger partial charge in [-0.1, -0.05) is 25.0 Å². The van der Waals surface area contributed by atoms with Gasteiger partial charge in [-0.2, -0.15) is 12.7 Å². The van der Waals surface area contributed by atoms with Crippen molar-refractivity contribution in [1.82, 2.24) is 4.31 Å². The lowest BCUT2D eigenvalue weighted by Crippen LogP contribution is -2.36. The molecule has 6 heteroatoms. The molecule has 1 aliphatic heterocycles. The SMILES string of the molecule is O=S(=O)(Nc1cccc(CCCO)c1)N1CCCCCC1. The number of aryl methyl sites for hydroxylation is 1. The topological polar surface area (TPSA) is 69.6 Å². The molecule has 1 aliphatic rings. The van der Waals surface area contributed by atoms with E-state index in [4.69, 9.17) is 5.11 Å². The van der Waals surface area contributed by atoms with Gasteiger partial charge in [0.15, 0.2) is 0 Å². The molecule has 1 aromatic carbocycles. The van der Waals surface area contributed by atoms with E-state index < -0.39 is 10.2 Å². The van der Waals surface area contributed by atoms with E-state index >= 15 is 0 Å². The van der Waals surface area contributed by atoms with Crippen molar-refractivity contribution in [1.29, 1.82) is 0 Å². The van der Waals surface area contributed by atoms with Gasteiger partial charge in [-0.25, -0.2) is 0 Å². The van der Waals surface area contributed by atoms with Crippen LogP contribution in [-0.2, 0) is 16.6 Å². The zero-order valence-electron chi connectivity index (χ0n) is 12.3. The summed E-state index contributed by atoms with van der Waals surface area (Å²) >= 11 is 0. The second kappa shape index (κ2) is 7.77. The van der Waals surface area contributed by atoms with Gasteiger partial charge in [0, 0.05) is 19.7 Å². The van der Waals surface area contributed by atoms with Crippen molar-refractivity contribution in [3.8, 4) is 0 Å². The molecule has 0 saturated carbocycles. The first-order chi connectivity index (χ1) is 10.1. The van der Waals surface area contributed by atoms with Gasteiger partial charge in [0.1, 0.15) is 0 Å². The van der Waals surface area contributed by atoms with Crippen molar-refractivity contribution in [3.05, 3.63) is 29.8 Å². The minimum absolute atomic E-state index is 0.143. The highest BCUT2D eigenvalue weighted by Gasteiger charge is 2.22. The van der Waals surface area contributed by atoms with Crippen LogP contribution < -0.4 is 4.72 Å². The third-order valence-electron chi connectivity index (χ3n) is 3.70. The summed E-state index contributed by atoms with van der Waals surface area (Å²) in [6, 6.07) is 7.38. The first kappa shape index (κ1) is 16.3. The zero-order chi connectivity index (χ0) is 15.1. The van der Waals surface area contributed by atoms with E-state index in [0.29, 0.717) is 25.2 Å². The van der Waals surface area contributed by atoms with Crippen LogP contribution in [0, 0.1) is 0 Å². The molecule has 118 valence electrons. The number of aliphatic hydroxyl groups is 1. The van der Waals surface area contributed by atoms with Crippen LogP contribution in [0.4, 0.5) is 5.69 Å².